The van der Waals surface area contributed by atoms with Crippen molar-refractivity contribution in [3.8, 4) is 0 Å². The molecule has 1 aliphatic heterocycles. The van der Waals surface area contributed by atoms with Gasteiger partial charge in [-0.05, 0) is 30.4 Å². The minimum Gasteiger partial charge on any atom is -0.447 e. The third-order valence-corrected chi connectivity index (χ3v) is 5.41. The monoisotopic (exact) mass is 421 g/mol. The van der Waals surface area contributed by atoms with Crippen LogP contribution in [0.5, 0.6) is 0 Å². The molecular formula is C26H31NO4. The van der Waals surface area contributed by atoms with E-state index in [9.17, 15) is 9.59 Å². The highest BCUT2D eigenvalue weighted by Gasteiger charge is 2.40. The molecule has 0 N–H and O–H groups in total. The Morgan fingerprint density at radius 2 is 1.77 bits per heavy atom. The van der Waals surface area contributed by atoms with E-state index in [0.29, 0.717) is 26.1 Å². The van der Waals surface area contributed by atoms with Crippen LogP contribution in [0, 0.1) is 5.92 Å². The molecule has 5 nitrogen and oxygen atoms in total. The maximum absolute atomic E-state index is 13.2. The Hall–Kier alpha value is -2.92. The predicted molar refractivity (Wildman–Crippen MR) is 120 cm³/mol. The quantitative estimate of drug-likeness (QED) is 0.372. The molecule has 0 saturated carbocycles. The van der Waals surface area contributed by atoms with Gasteiger partial charge in [0.15, 0.2) is 0 Å². The number of carbonyl (C=O) groups is 2. The lowest BCUT2D eigenvalue weighted by Crippen LogP contribution is -2.43. The Morgan fingerprint density at radius 1 is 1.10 bits per heavy atom. The molecule has 2 aromatic carbocycles. The summed E-state index contributed by atoms with van der Waals surface area (Å²) in [7, 11) is 0. The fraction of sp³-hybridized carbons (Fsp3) is 0.385. The fourth-order valence-electron chi connectivity index (χ4n) is 3.80. The van der Waals surface area contributed by atoms with Crippen LogP contribution in [0.4, 0.5) is 4.79 Å². The topological polar surface area (TPSA) is 55.8 Å². The van der Waals surface area contributed by atoms with Gasteiger partial charge in [-0.1, -0.05) is 86.2 Å². The highest BCUT2D eigenvalue weighted by atomic mass is 16.6. The molecule has 3 rings (SSSR count). The summed E-state index contributed by atoms with van der Waals surface area (Å²) in [5, 5.41) is 0. The van der Waals surface area contributed by atoms with Gasteiger partial charge in [-0.15, -0.1) is 0 Å². The zero-order valence-electron chi connectivity index (χ0n) is 18.1. The van der Waals surface area contributed by atoms with Gasteiger partial charge in [0.05, 0.1) is 19.3 Å². The number of imide groups is 1. The van der Waals surface area contributed by atoms with Crippen LogP contribution in [0.2, 0.25) is 0 Å². The first-order valence-corrected chi connectivity index (χ1v) is 11.0. The number of benzene rings is 2. The average Bonchev–Trinajstić information content (AvgIpc) is 3.16. The molecule has 0 aliphatic carbocycles. The molecular weight excluding hydrogens is 390 g/mol. The van der Waals surface area contributed by atoms with Crippen LogP contribution in [0.15, 0.2) is 72.8 Å². The molecule has 1 aliphatic rings. The van der Waals surface area contributed by atoms with E-state index in [0.717, 1.165) is 24.0 Å². The maximum Gasteiger partial charge on any atom is 0.416 e. The molecule has 1 heterocycles. The van der Waals surface area contributed by atoms with E-state index < -0.39 is 6.09 Å². The van der Waals surface area contributed by atoms with Gasteiger partial charge >= 0.3 is 6.09 Å². The van der Waals surface area contributed by atoms with E-state index >= 15 is 0 Å². The largest absolute Gasteiger partial charge is 0.447 e. The van der Waals surface area contributed by atoms with Gasteiger partial charge in [0, 0.05) is 5.92 Å². The first-order chi connectivity index (χ1) is 15.2. The summed E-state index contributed by atoms with van der Waals surface area (Å²) in [5.74, 6) is -0.376. The van der Waals surface area contributed by atoms with Crippen molar-refractivity contribution in [1.82, 2.24) is 4.90 Å². The van der Waals surface area contributed by atoms with Crippen molar-refractivity contribution >= 4 is 12.0 Å². The van der Waals surface area contributed by atoms with Crippen molar-refractivity contribution in [2.75, 3.05) is 13.2 Å². The van der Waals surface area contributed by atoms with Crippen LogP contribution in [0.3, 0.4) is 0 Å². The Bertz CT molecular complexity index is 850. The van der Waals surface area contributed by atoms with Crippen molar-refractivity contribution in [2.45, 2.75) is 45.3 Å². The molecule has 31 heavy (non-hydrogen) atoms. The molecule has 2 atom stereocenters. The number of ether oxygens (including phenoxy) is 2. The van der Waals surface area contributed by atoms with Crippen LogP contribution in [-0.4, -0.2) is 36.2 Å². The second kappa shape index (κ2) is 12.1. The molecule has 1 fully saturated rings. The number of hydrogen-bond acceptors (Lipinski definition) is 4. The summed E-state index contributed by atoms with van der Waals surface area (Å²) >= 11 is 0. The molecule has 1 unspecified atom stereocenters. The predicted octanol–water partition coefficient (Wildman–Crippen LogP) is 5.16. The van der Waals surface area contributed by atoms with Crippen molar-refractivity contribution in [3.63, 3.8) is 0 Å². The number of nitrogens with zero attached hydrogens (tertiary/aromatic N) is 1. The molecule has 2 aromatic rings. The SMILES string of the molecule is CCC[C@H](CC=CCOCc1ccccc1)C(=O)N1C(=O)OCC1Cc1ccccc1. The molecule has 0 radical (unpaired) electrons. The minimum atomic E-state index is -0.526. The number of carbonyl (C=O) groups excluding carboxylic acids is 2. The van der Waals surface area contributed by atoms with Gasteiger partial charge in [-0.2, -0.15) is 0 Å². The third kappa shape index (κ3) is 6.79. The average molecular weight is 422 g/mol. The molecule has 0 bridgehead atoms. The Labute approximate surface area is 184 Å². The number of cyclic esters (lactones) is 1. The lowest BCUT2D eigenvalue weighted by Gasteiger charge is -2.24. The zero-order valence-corrected chi connectivity index (χ0v) is 18.1. The van der Waals surface area contributed by atoms with Gasteiger partial charge < -0.3 is 9.47 Å². The van der Waals surface area contributed by atoms with E-state index in [1.807, 2.05) is 72.8 Å². The number of hydrogen-bond donors (Lipinski definition) is 0. The highest BCUT2D eigenvalue weighted by molar-refractivity contribution is 5.94. The van der Waals surface area contributed by atoms with Crippen molar-refractivity contribution in [1.29, 1.82) is 0 Å². The molecule has 5 heteroatoms. The van der Waals surface area contributed by atoms with E-state index in [1.54, 1.807) is 0 Å². The van der Waals surface area contributed by atoms with Gasteiger partial charge in [0.25, 0.3) is 0 Å². The summed E-state index contributed by atoms with van der Waals surface area (Å²) in [6.45, 7) is 3.35. The number of amides is 2. The fourth-order valence-corrected chi connectivity index (χ4v) is 3.80. The lowest BCUT2D eigenvalue weighted by atomic mass is 9.96. The van der Waals surface area contributed by atoms with E-state index in [2.05, 4.69) is 6.92 Å². The molecule has 2 amide bonds. The number of rotatable bonds is 11. The Morgan fingerprint density at radius 3 is 2.45 bits per heavy atom. The first kappa shape index (κ1) is 22.8. The van der Waals surface area contributed by atoms with E-state index in [1.165, 1.54) is 4.90 Å². The summed E-state index contributed by atoms with van der Waals surface area (Å²) in [6, 6.07) is 19.7. The van der Waals surface area contributed by atoms with Crippen molar-refractivity contribution in [3.05, 3.63) is 83.9 Å². The molecule has 0 spiro atoms. The van der Waals surface area contributed by atoms with Gasteiger partial charge in [0.2, 0.25) is 5.91 Å². The van der Waals surface area contributed by atoms with Crippen LogP contribution in [0.25, 0.3) is 0 Å². The first-order valence-electron chi connectivity index (χ1n) is 11.0. The summed E-state index contributed by atoms with van der Waals surface area (Å²) < 4.78 is 10.9. The van der Waals surface area contributed by atoms with Crippen LogP contribution in [-0.2, 0) is 27.3 Å². The van der Waals surface area contributed by atoms with Crippen LogP contribution >= 0.6 is 0 Å². The zero-order chi connectivity index (χ0) is 21.9. The Kier molecular flexibility index (Phi) is 8.85. The highest BCUT2D eigenvalue weighted by Crippen LogP contribution is 2.23. The number of allylic oxidation sites excluding steroid dienone is 1. The van der Waals surface area contributed by atoms with E-state index in [-0.39, 0.29) is 24.5 Å². The minimum absolute atomic E-state index is 0.139. The normalized spacial score (nSPS) is 17.1. The van der Waals surface area contributed by atoms with Crippen LogP contribution < -0.4 is 0 Å². The maximum atomic E-state index is 13.2. The molecule has 1 saturated heterocycles. The standard InChI is InChI=1S/C26H31NO4/c1-2-11-23(16-9-10-17-30-19-22-14-7-4-8-15-22)25(28)27-24(20-31-26(27)29)18-21-12-5-3-6-13-21/h3-10,12-15,23-24H,2,11,16-20H2,1H3/t23-,24?/m1/s1. The van der Waals surface area contributed by atoms with Gasteiger partial charge in [0.1, 0.15) is 6.61 Å². The third-order valence-electron chi connectivity index (χ3n) is 5.41. The summed E-state index contributed by atoms with van der Waals surface area (Å²) in [5.41, 5.74) is 2.22. The van der Waals surface area contributed by atoms with Gasteiger partial charge in [-0.3, -0.25) is 4.79 Å². The van der Waals surface area contributed by atoms with Crippen molar-refractivity contribution < 1.29 is 19.1 Å². The summed E-state index contributed by atoms with van der Waals surface area (Å²) in [6.07, 6.45) is 6.21. The molecule has 0 aromatic heterocycles. The van der Waals surface area contributed by atoms with Crippen molar-refractivity contribution in [2.24, 2.45) is 5.92 Å². The second-order valence-corrected chi connectivity index (χ2v) is 7.82. The van der Waals surface area contributed by atoms with Gasteiger partial charge in [-0.25, -0.2) is 9.69 Å². The lowest BCUT2D eigenvalue weighted by molar-refractivity contribution is -0.133. The Balaban J connectivity index is 1.53. The van der Waals surface area contributed by atoms with E-state index in [4.69, 9.17) is 9.47 Å². The summed E-state index contributed by atoms with van der Waals surface area (Å²) in [4.78, 5) is 26.9. The smallest absolute Gasteiger partial charge is 0.416 e. The van der Waals surface area contributed by atoms with Crippen LogP contribution in [0.1, 0.15) is 37.3 Å². The second-order valence-electron chi connectivity index (χ2n) is 7.82. The molecule has 164 valence electrons.